The quantitative estimate of drug-likeness (QED) is 0.761. The van der Waals surface area contributed by atoms with Gasteiger partial charge >= 0.3 is 0 Å². The van der Waals surface area contributed by atoms with Gasteiger partial charge in [0, 0.05) is 11.3 Å². The van der Waals surface area contributed by atoms with Crippen LogP contribution in [0.3, 0.4) is 0 Å². The molecule has 0 radical (unpaired) electrons. The number of benzene rings is 1. The van der Waals surface area contributed by atoms with E-state index in [1.807, 2.05) is 19.9 Å². The number of aryl methyl sites for hydroxylation is 3. The number of aromatic nitrogens is 1. The first-order valence-electron chi connectivity index (χ1n) is 5.98. The van der Waals surface area contributed by atoms with Crippen molar-refractivity contribution in [3.63, 3.8) is 0 Å². The second-order valence-electron chi connectivity index (χ2n) is 4.51. The Morgan fingerprint density at radius 2 is 1.89 bits per heavy atom. The number of hydrogen-bond acceptors (Lipinski definition) is 2. The number of hydrogen-bond donors (Lipinski definition) is 0. The Bertz CT molecular complexity index is 613. The number of pyridine rings is 1. The summed E-state index contributed by atoms with van der Waals surface area (Å²) in [6, 6.07) is 6.57. The first kappa shape index (κ1) is 13.8. The van der Waals surface area contributed by atoms with Crippen LogP contribution in [0.2, 0.25) is 0 Å². The van der Waals surface area contributed by atoms with Crippen molar-refractivity contribution in [2.45, 2.75) is 26.7 Å². The minimum atomic E-state index is -0.252. The van der Waals surface area contributed by atoms with Crippen LogP contribution in [0.25, 0.3) is 0 Å². The highest BCUT2D eigenvalue weighted by molar-refractivity contribution is 6.17. The lowest BCUT2D eigenvalue weighted by Crippen LogP contribution is -1.98. The van der Waals surface area contributed by atoms with Gasteiger partial charge in [0.2, 0.25) is 5.88 Å². The van der Waals surface area contributed by atoms with Crippen molar-refractivity contribution in [1.29, 1.82) is 0 Å². The Kier molecular flexibility index (Phi) is 4.05. The normalized spacial score (nSPS) is 10.6. The molecule has 2 aromatic rings. The summed E-state index contributed by atoms with van der Waals surface area (Å²) >= 11 is 5.93. The minimum absolute atomic E-state index is 0.252. The highest BCUT2D eigenvalue weighted by Crippen LogP contribution is 2.28. The van der Waals surface area contributed by atoms with E-state index in [2.05, 4.69) is 4.98 Å². The molecular formula is C15H15ClFNO. The van der Waals surface area contributed by atoms with Crippen LogP contribution in [-0.4, -0.2) is 4.98 Å². The SMILES string of the molecule is Cc1cc(C)c(CCl)c(Oc2ccc(F)c(C)c2)n1. The van der Waals surface area contributed by atoms with E-state index in [4.69, 9.17) is 16.3 Å². The Labute approximate surface area is 117 Å². The number of nitrogens with zero attached hydrogens (tertiary/aromatic N) is 1. The predicted molar refractivity (Wildman–Crippen MR) is 74.5 cm³/mol. The van der Waals surface area contributed by atoms with E-state index in [-0.39, 0.29) is 5.82 Å². The molecule has 100 valence electrons. The third kappa shape index (κ3) is 3.04. The molecule has 2 nitrogen and oxygen atoms in total. The maximum atomic E-state index is 13.2. The van der Waals surface area contributed by atoms with E-state index in [1.165, 1.54) is 6.07 Å². The average Bonchev–Trinajstić information content (AvgIpc) is 2.33. The minimum Gasteiger partial charge on any atom is -0.439 e. The molecule has 0 aliphatic rings. The van der Waals surface area contributed by atoms with Crippen molar-refractivity contribution in [3.8, 4) is 11.6 Å². The standard InChI is InChI=1S/C15H15ClFNO/c1-9-6-11(3)18-15(13(9)8-16)19-12-4-5-14(17)10(2)7-12/h4-7H,8H2,1-3H3. The van der Waals surface area contributed by atoms with Gasteiger partial charge < -0.3 is 4.74 Å². The van der Waals surface area contributed by atoms with Crippen molar-refractivity contribution in [3.05, 3.63) is 52.5 Å². The van der Waals surface area contributed by atoms with E-state index in [1.54, 1.807) is 19.1 Å². The second-order valence-corrected chi connectivity index (χ2v) is 4.78. The van der Waals surface area contributed by atoms with Gasteiger partial charge in [-0.1, -0.05) is 0 Å². The molecule has 1 heterocycles. The molecule has 4 heteroatoms. The highest BCUT2D eigenvalue weighted by Gasteiger charge is 2.11. The fourth-order valence-electron chi connectivity index (χ4n) is 1.87. The van der Waals surface area contributed by atoms with Gasteiger partial charge in [0.25, 0.3) is 0 Å². The van der Waals surface area contributed by atoms with E-state index >= 15 is 0 Å². The second kappa shape index (κ2) is 5.57. The summed E-state index contributed by atoms with van der Waals surface area (Å²) in [5.74, 6) is 1.12. The van der Waals surface area contributed by atoms with E-state index < -0.39 is 0 Å². The van der Waals surface area contributed by atoms with Crippen LogP contribution in [0.1, 0.15) is 22.4 Å². The number of ether oxygens (including phenoxy) is 1. The van der Waals surface area contributed by atoms with E-state index in [9.17, 15) is 4.39 Å². The van der Waals surface area contributed by atoms with Crippen molar-refractivity contribution in [1.82, 2.24) is 4.98 Å². The molecule has 0 atom stereocenters. The largest absolute Gasteiger partial charge is 0.439 e. The van der Waals surface area contributed by atoms with Gasteiger partial charge in [-0.25, -0.2) is 9.37 Å². The van der Waals surface area contributed by atoms with Gasteiger partial charge in [0.15, 0.2) is 0 Å². The van der Waals surface area contributed by atoms with Crippen LogP contribution in [0.4, 0.5) is 4.39 Å². The Hall–Kier alpha value is -1.61. The number of halogens is 2. The van der Waals surface area contributed by atoms with Crippen LogP contribution in [0.15, 0.2) is 24.3 Å². The van der Waals surface area contributed by atoms with E-state index in [0.29, 0.717) is 23.1 Å². The summed E-state index contributed by atoms with van der Waals surface area (Å²) in [4.78, 5) is 4.35. The molecule has 19 heavy (non-hydrogen) atoms. The maximum Gasteiger partial charge on any atom is 0.224 e. The topological polar surface area (TPSA) is 22.1 Å². The van der Waals surface area contributed by atoms with Crippen molar-refractivity contribution in [2.24, 2.45) is 0 Å². The zero-order chi connectivity index (χ0) is 14.0. The molecule has 0 bridgehead atoms. The fourth-order valence-corrected chi connectivity index (χ4v) is 2.19. The third-order valence-electron chi connectivity index (χ3n) is 2.92. The molecule has 0 saturated heterocycles. The molecular weight excluding hydrogens is 265 g/mol. The summed E-state index contributed by atoms with van der Waals surface area (Å²) in [5.41, 5.74) is 3.29. The highest BCUT2D eigenvalue weighted by atomic mass is 35.5. The van der Waals surface area contributed by atoms with Gasteiger partial charge in [-0.05, 0) is 56.2 Å². The lowest BCUT2D eigenvalue weighted by Gasteiger charge is -2.12. The van der Waals surface area contributed by atoms with E-state index in [0.717, 1.165) is 16.8 Å². The Morgan fingerprint density at radius 3 is 2.53 bits per heavy atom. The molecule has 0 saturated carbocycles. The van der Waals surface area contributed by atoms with Gasteiger partial charge in [-0.3, -0.25) is 0 Å². The molecule has 0 spiro atoms. The molecule has 0 aliphatic heterocycles. The summed E-state index contributed by atoms with van der Waals surface area (Å²) in [7, 11) is 0. The number of alkyl halides is 1. The van der Waals surface area contributed by atoms with Crippen molar-refractivity contribution < 1.29 is 9.13 Å². The molecule has 1 aromatic heterocycles. The summed E-state index contributed by atoms with van der Waals surface area (Å²) in [6.07, 6.45) is 0. The third-order valence-corrected chi connectivity index (χ3v) is 3.18. The fraction of sp³-hybridized carbons (Fsp3) is 0.267. The van der Waals surface area contributed by atoms with Gasteiger partial charge in [0.1, 0.15) is 11.6 Å². The summed E-state index contributed by atoms with van der Waals surface area (Å²) < 4.78 is 19.0. The van der Waals surface area contributed by atoms with Crippen LogP contribution in [-0.2, 0) is 5.88 Å². The molecule has 0 fully saturated rings. The zero-order valence-electron chi connectivity index (χ0n) is 11.1. The Morgan fingerprint density at radius 1 is 1.16 bits per heavy atom. The lowest BCUT2D eigenvalue weighted by molar-refractivity contribution is 0.454. The van der Waals surface area contributed by atoms with Gasteiger partial charge in [-0.15, -0.1) is 11.6 Å². The molecule has 2 rings (SSSR count). The average molecular weight is 280 g/mol. The molecule has 1 aromatic carbocycles. The zero-order valence-corrected chi connectivity index (χ0v) is 11.9. The van der Waals surface area contributed by atoms with Crippen LogP contribution < -0.4 is 4.74 Å². The Balaban J connectivity index is 2.39. The monoisotopic (exact) mass is 279 g/mol. The van der Waals surface area contributed by atoms with Crippen molar-refractivity contribution in [2.75, 3.05) is 0 Å². The smallest absolute Gasteiger partial charge is 0.224 e. The summed E-state index contributed by atoms with van der Waals surface area (Å²) in [5, 5.41) is 0. The molecule has 0 N–H and O–H groups in total. The predicted octanol–water partition coefficient (Wildman–Crippen LogP) is 4.68. The summed E-state index contributed by atoms with van der Waals surface area (Å²) in [6.45, 7) is 5.56. The lowest BCUT2D eigenvalue weighted by atomic mass is 10.1. The van der Waals surface area contributed by atoms with Crippen LogP contribution in [0, 0.1) is 26.6 Å². The first-order valence-corrected chi connectivity index (χ1v) is 6.52. The van der Waals surface area contributed by atoms with Gasteiger partial charge in [-0.2, -0.15) is 0 Å². The molecule has 0 amide bonds. The van der Waals surface area contributed by atoms with Crippen LogP contribution >= 0.6 is 11.6 Å². The first-order chi connectivity index (χ1) is 9.01. The van der Waals surface area contributed by atoms with Crippen LogP contribution in [0.5, 0.6) is 11.6 Å². The van der Waals surface area contributed by atoms with Crippen molar-refractivity contribution >= 4 is 11.6 Å². The molecule has 0 aliphatic carbocycles. The molecule has 0 unspecified atom stereocenters. The maximum absolute atomic E-state index is 13.2. The van der Waals surface area contributed by atoms with Gasteiger partial charge in [0.05, 0.1) is 5.88 Å². The number of rotatable bonds is 3.